The molecule has 0 atom stereocenters. The van der Waals surface area contributed by atoms with Gasteiger partial charge in [-0.15, -0.1) is 0 Å². The van der Waals surface area contributed by atoms with Crippen LogP contribution in [-0.4, -0.2) is 17.1 Å². The Balaban J connectivity index is 2.12. The molecule has 2 aromatic rings. The highest BCUT2D eigenvalue weighted by Crippen LogP contribution is 2.25. The van der Waals surface area contributed by atoms with Crippen LogP contribution in [0, 0.1) is 17.0 Å². The van der Waals surface area contributed by atoms with Crippen LogP contribution in [0.15, 0.2) is 42.5 Å². The van der Waals surface area contributed by atoms with Crippen LogP contribution in [0.5, 0.6) is 5.75 Å². The maximum Gasteiger partial charge on any atom is 0.274 e. The van der Waals surface area contributed by atoms with Crippen molar-refractivity contribution in [2.24, 2.45) is 0 Å². The van der Waals surface area contributed by atoms with E-state index >= 15 is 0 Å². The fraction of sp³-hybridized carbons (Fsp3) is 0.133. The zero-order chi connectivity index (χ0) is 16.1. The van der Waals surface area contributed by atoms with Gasteiger partial charge in [-0.05, 0) is 37.3 Å². The molecule has 22 heavy (non-hydrogen) atoms. The SMILES string of the molecule is COc1cccc(NC(=S)Nc2cccc([N+](=O)[O-])c2C)c1. The summed E-state index contributed by atoms with van der Waals surface area (Å²) >= 11 is 5.23. The molecule has 2 aromatic carbocycles. The minimum atomic E-state index is -0.418. The van der Waals surface area contributed by atoms with E-state index in [2.05, 4.69) is 10.6 Å². The van der Waals surface area contributed by atoms with E-state index < -0.39 is 4.92 Å². The first-order chi connectivity index (χ1) is 10.5. The number of benzene rings is 2. The van der Waals surface area contributed by atoms with Crippen molar-refractivity contribution in [3.8, 4) is 5.75 Å². The molecule has 0 unspecified atom stereocenters. The first kappa shape index (κ1) is 15.7. The lowest BCUT2D eigenvalue weighted by Gasteiger charge is -2.13. The average molecular weight is 317 g/mol. The Kier molecular flexibility index (Phi) is 4.90. The van der Waals surface area contributed by atoms with Gasteiger partial charge in [-0.2, -0.15) is 0 Å². The molecule has 0 saturated carbocycles. The smallest absolute Gasteiger partial charge is 0.274 e. The van der Waals surface area contributed by atoms with Crippen LogP contribution < -0.4 is 15.4 Å². The molecule has 2 N–H and O–H groups in total. The van der Waals surface area contributed by atoms with Gasteiger partial charge >= 0.3 is 0 Å². The third-order valence-corrected chi connectivity index (χ3v) is 3.28. The number of nitro benzene ring substituents is 1. The van der Waals surface area contributed by atoms with E-state index in [4.69, 9.17) is 17.0 Å². The first-order valence-electron chi connectivity index (χ1n) is 6.47. The third-order valence-electron chi connectivity index (χ3n) is 3.08. The summed E-state index contributed by atoms with van der Waals surface area (Å²) in [6.07, 6.45) is 0. The van der Waals surface area contributed by atoms with Gasteiger partial charge in [0.1, 0.15) is 5.75 Å². The highest BCUT2D eigenvalue weighted by atomic mass is 32.1. The molecule has 0 aromatic heterocycles. The number of hydrogen-bond acceptors (Lipinski definition) is 4. The van der Waals surface area contributed by atoms with Gasteiger partial charge in [-0.3, -0.25) is 10.1 Å². The zero-order valence-corrected chi connectivity index (χ0v) is 12.9. The topological polar surface area (TPSA) is 76.4 Å². The number of anilines is 2. The average Bonchev–Trinajstić information content (AvgIpc) is 2.49. The van der Waals surface area contributed by atoms with E-state index in [1.807, 2.05) is 18.2 Å². The summed E-state index contributed by atoms with van der Waals surface area (Å²) in [6.45, 7) is 1.68. The van der Waals surface area contributed by atoms with Gasteiger partial charge in [0.25, 0.3) is 5.69 Å². The van der Waals surface area contributed by atoms with Crippen LogP contribution >= 0.6 is 12.2 Å². The van der Waals surface area contributed by atoms with Gasteiger partial charge in [0.05, 0.1) is 23.3 Å². The molecule has 6 nitrogen and oxygen atoms in total. The maximum absolute atomic E-state index is 10.9. The first-order valence-corrected chi connectivity index (χ1v) is 6.88. The van der Waals surface area contributed by atoms with Crippen LogP contribution in [0.4, 0.5) is 17.1 Å². The molecule has 0 spiro atoms. The third kappa shape index (κ3) is 3.70. The maximum atomic E-state index is 10.9. The lowest BCUT2D eigenvalue weighted by molar-refractivity contribution is -0.385. The monoisotopic (exact) mass is 317 g/mol. The molecule has 0 aliphatic heterocycles. The minimum Gasteiger partial charge on any atom is -0.497 e. The van der Waals surface area contributed by atoms with Gasteiger partial charge in [0.15, 0.2) is 5.11 Å². The van der Waals surface area contributed by atoms with Crippen molar-refractivity contribution >= 4 is 34.4 Å². The van der Waals surface area contributed by atoms with Gasteiger partial charge in [0.2, 0.25) is 0 Å². The van der Waals surface area contributed by atoms with Gasteiger partial charge in [-0.1, -0.05) is 12.1 Å². The lowest BCUT2D eigenvalue weighted by Crippen LogP contribution is -2.19. The molecule has 2 rings (SSSR count). The quantitative estimate of drug-likeness (QED) is 0.508. The molecule has 0 fully saturated rings. The summed E-state index contributed by atoms with van der Waals surface area (Å²) in [6, 6.07) is 12.1. The Bertz CT molecular complexity index is 719. The van der Waals surface area contributed by atoms with Crippen LogP contribution in [0.25, 0.3) is 0 Å². The predicted molar refractivity (Wildman–Crippen MR) is 90.7 cm³/mol. The van der Waals surface area contributed by atoms with E-state index in [0.29, 0.717) is 22.1 Å². The molecular weight excluding hydrogens is 302 g/mol. The summed E-state index contributed by atoms with van der Waals surface area (Å²) < 4.78 is 5.14. The fourth-order valence-corrected chi connectivity index (χ4v) is 2.17. The zero-order valence-electron chi connectivity index (χ0n) is 12.1. The minimum absolute atomic E-state index is 0.0502. The number of methoxy groups -OCH3 is 1. The molecule has 0 aliphatic rings. The van der Waals surface area contributed by atoms with Gasteiger partial charge in [0, 0.05) is 17.8 Å². The van der Waals surface area contributed by atoms with Crippen molar-refractivity contribution in [1.82, 2.24) is 0 Å². The van der Waals surface area contributed by atoms with Gasteiger partial charge in [-0.25, -0.2) is 0 Å². The van der Waals surface area contributed by atoms with E-state index in [9.17, 15) is 10.1 Å². The Morgan fingerprint density at radius 2 is 1.95 bits per heavy atom. The second-order valence-electron chi connectivity index (χ2n) is 4.52. The number of rotatable bonds is 4. The van der Waals surface area contributed by atoms with Gasteiger partial charge < -0.3 is 15.4 Å². The Labute approximate surface area is 133 Å². The standard InChI is InChI=1S/C15H15N3O3S/c1-10-13(7-4-8-14(10)18(19)20)17-15(22)16-11-5-3-6-12(9-11)21-2/h3-9H,1-2H3,(H2,16,17,22). The summed E-state index contributed by atoms with van der Waals surface area (Å²) in [5.74, 6) is 0.708. The van der Waals surface area contributed by atoms with Crippen molar-refractivity contribution in [3.63, 3.8) is 0 Å². The number of nitro groups is 1. The van der Waals surface area contributed by atoms with Crippen molar-refractivity contribution in [2.75, 3.05) is 17.7 Å². The van der Waals surface area contributed by atoms with Crippen LogP contribution in [-0.2, 0) is 0 Å². The second-order valence-corrected chi connectivity index (χ2v) is 4.93. The van der Waals surface area contributed by atoms with Crippen LogP contribution in [0.3, 0.4) is 0 Å². The molecule has 0 aliphatic carbocycles. The predicted octanol–water partition coefficient (Wildman–Crippen LogP) is 3.72. The summed E-state index contributed by atoms with van der Waals surface area (Å²) in [5.41, 5.74) is 1.94. The van der Waals surface area contributed by atoms with Crippen molar-refractivity contribution < 1.29 is 9.66 Å². The van der Waals surface area contributed by atoms with E-state index in [0.717, 1.165) is 5.69 Å². The van der Waals surface area contributed by atoms with Crippen molar-refractivity contribution in [2.45, 2.75) is 6.92 Å². The summed E-state index contributed by atoms with van der Waals surface area (Å²) in [7, 11) is 1.59. The number of hydrogen-bond donors (Lipinski definition) is 2. The highest BCUT2D eigenvalue weighted by Gasteiger charge is 2.13. The lowest BCUT2D eigenvalue weighted by atomic mass is 10.1. The number of nitrogens with zero attached hydrogens (tertiary/aromatic N) is 1. The second kappa shape index (κ2) is 6.86. The normalized spacial score (nSPS) is 9.91. The van der Waals surface area contributed by atoms with Crippen LogP contribution in [0.2, 0.25) is 0 Å². The Hall–Kier alpha value is -2.67. The molecule has 0 saturated heterocycles. The highest BCUT2D eigenvalue weighted by molar-refractivity contribution is 7.80. The Morgan fingerprint density at radius 3 is 2.64 bits per heavy atom. The molecule has 114 valence electrons. The molecule has 0 amide bonds. The largest absolute Gasteiger partial charge is 0.497 e. The van der Waals surface area contributed by atoms with Crippen LogP contribution in [0.1, 0.15) is 5.56 Å². The number of thiocarbonyl (C=S) groups is 1. The molecule has 0 radical (unpaired) electrons. The number of ether oxygens (including phenoxy) is 1. The summed E-state index contributed by atoms with van der Waals surface area (Å²) in [4.78, 5) is 10.5. The van der Waals surface area contributed by atoms with Crippen molar-refractivity contribution in [1.29, 1.82) is 0 Å². The van der Waals surface area contributed by atoms with E-state index in [-0.39, 0.29) is 5.69 Å². The molecule has 7 heteroatoms. The van der Waals surface area contributed by atoms with Crippen molar-refractivity contribution in [3.05, 3.63) is 58.1 Å². The molecule has 0 bridgehead atoms. The molecular formula is C15H15N3O3S. The molecule has 0 heterocycles. The number of nitrogens with one attached hydrogen (secondary N) is 2. The van der Waals surface area contributed by atoms with E-state index in [1.54, 1.807) is 32.2 Å². The summed E-state index contributed by atoms with van der Waals surface area (Å²) in [5, 5.41) is 17.3. The van der Waals surface area contributed by atoms with E-state index in [1.165, 1.54) is 6.07 Å². The fourth-order valence-electron chi connectivity index (χ4n) is 1.94. The Morgan fingerprint density at radius 1 is 1.23 bits per heavy atom.